The first-order chi connectivity index (χ1) is 41.7. The molecule has 0 saturated carbocycles. The molecule has 0 aliphatic rings. The third-order valence-electron chi connectivity index (χ3n) is 15.8. The molecule has 0 saturated heterocycles. The van der Waals surface area contributed by atoms with Crippen molar-refractivity contribution in [1.82, 2.24) is 9.13 Å². The molecule has 0 N–H and O–H groups in total. The smallest absolute Gasteiger partial charge is 0.309 e. The molecule has 13 heteroatoms. The quantitative estimate of drug-likeness (QED) is 0.140. The Bertz CT molecular complexity index is 5010. The van der Waals surface area contributed by atoms with Gasteiger partial charge in [0.15, 0.2) is 0 Å². The Balaban J connectivity index is 1.15. The number of aromatic nitrogens is 2. The molecule has 11 aromatic carbocycles. The normalized spacial score (nSPS) is 11.5. The van der Waals surface area contributed by atoms with Crippen molar-refractivity contribution in [3.63, 3.8) is 0 Å². The molecule has 406 valence electrons. The van der Waals surface area contributed by atoms with Gasteiger partial charge in [0.2, 0.25) is 0 Å². The SMILES string of the molecule is N#Cc1ccc(-n2c3ccc(-c4ccccc4C#N)cc3c3cc(-c4ccccc4C#N)ccc32)c(-c2ccc(-c3ccc(C(F)(F)F)cc3C(F)(F)F)cc2-n2c3ccc(-c4ccccc4C#N)cc3c3cc(-c4ccccc4C#N)ccc32)c1. The van der Waals surface area contributed by atoms with Gasteiger partial charge in [-0.1, -0.05) is 115 Å². The van der Waals surface area contributed by atoms with Gasteiger partial charge in [-0.05, 0) is 165 Å². The number of alkyl halides is 6. The fraction of sp³-hybridized carbons (Fsp3) is 0.0274. The molecule has 0 unspecified atom stereocenters. The van der Waals surface area contributed by atoms with E-state index in [1.54, 1.807) is 72.8 Å². The highest BCUT2D eigenvalue weighted by molar-refractivity contribution is 6.14. The number of rotatable bonds is 8. The van der Waals surface area contributed by atoms with E-state index in [2.05, 4.69) is 30.3 Å². The van der Waals surface area contributed by atoms with Crippen molar-refractivity contribution in [1.29, 1.82) is 26.3 Å². The molecule has 0 aliphatic heterocycles. The van der Waals surface area contributed by atoms with Crippen LogP contribution >= 0.6 is 0 Å². The van der Waals surface area contributed by atoms with Crippen molar-refractivity contribution >= 4 is 43.6 Å². The summed E-state index contributed by atoms with van der Waals surface area (Å²) in [6, 6.07) is 74.4. The van der Waals surface area contributed by atoms with Gasteiger partial charge in [-0.2, -0.15) is 52.7 Å². The van der Waals surface area contributed by atoms with E-state index in [9.17, 15) is 39.5 Å². The van der Waals surface area contributed by atoms with E-state index in [0.717, 1.165) is 28.0 Å². The first kappa shape index (κ1) is 53.4. The summed E-state index contributed by atoms with van der Waals surface area (Å²) in [6.45, 7) is 0. The standard InChI is InChI=1S/C73H37F6N7/c74-72(75,76)53-23-25-58(65(37-53)73(77,78)79)48-18-24-59(71(36-48)86-69-29-21-46(56-15-7-3-11-51(56)41-83)34-63(69)64-35-47(22-30-70(64)86)57-16-8-4-12-52(57)42-84)60-31-43(38-80)17-26-66(60)85-67-27-19-44(54-13-5-1-9-49(54)39-81)32-61(67)62-33-45(20-28-68(62)85)55-14-6-2-10-50(55)40-82/h1-37H. The summed E-state index contributed by atoms with van der Waals surface area (Å²) in [7, 11) is 0. The summed E-state index contributed by atoms with van der Waals surface area (Å²) < 4.78 is 92.5. The lowest BCUT2D eigenvalue weighted by Gasteiger charge is -2.21. The fourth-order valence-electron chi connectivity index (χ4n) is 11.9. The zero-order valence-electron chi connectivity index (χ0n) is 44.8. The summed E-state index contributed by atoms with van der Waals surface area (Å²) in [5.41, 5.74) is 8.12. The van der Waals surface area contributed by atoms with E-state index in [4.69, 9.17) is 0 Å². The van der Waals surface area contributed by atoms with Crippen LogP contribution in [0.5, 0.6) is 0 Å². The number of nitrogens with zero attached hydrogens (tertiary/aromatic N) is 7. The monoisotopic (exact) mass is 1130 g/mol. The summed E-state index contributed by atoms with van der Waals surface area (Å²) in [6.07, 6.45) is -10.3. The molecule has 0 fully saturated rings. The lowest BCUT2D eigenvalue weighted by atomic mass is 9.92. The van der Waals surface area contributed by atoms with E-state index < -0.39 is 29.0 Å². The highest BCUT2D eigenvalue weighted by Crippen LogP contribution is 2.48. The van der Waals surface area contributed by atoms with Crippen molar-refractivity contribution in [3.05, 3.63) is 263 Å². The molecule has 0 spiro atoms. The van der Waals surface area contributed by atoms with Gasteiger partial charge in [0.05, 0.1) is 103 Å². The largest absolute Gasteiger partial charge is 0.417 e. The number of hydrogen-bond acceptors (Lipinski definition) is 5. The minimum absolute atomic E-state index is 0.0656. The molecule has 0 atom stereocenters. The maximum atomic E-state index is 15.3. The molecule has 2 aromatic heterocycles. The van der Waals surface area contributed by atoms with E-state index in [1.165, 1.54) is 12.1 Å². The zero-order chi connectivity index (χ0) is 59.6. The van der Waals surface area contributed by atoms with Crippen LogP contribution in [0.4, 0.5) is 26.3 Å². The van der Waals surface area contributed by atoms with Gasteiger partial charge in [-0.3, -0.25) is 0 Å². The molecule has 86 heavy (non-hydrogen) atoms. The summed E-state index contributed by atoms with van der Waals surface area (Å²) in [5.74, 6) is 0. The summed E-state index contributed by atoms with van der Waals surface area (Å²) in [4.78, 5) is 0. The Morgan fingerprint density at radius 3 is 1.01 bits per heavy atom. The second-order valence-electron chi connectivity index (χ2n) is 20.6. The predicted molar refractivity (Wildman–Crippen MR) is 321 cm³/mol. The lowest BCUT2D eigenvalue weighted by molar-refractivity contribution is -0.142. The molecule has 0 amide bonds. The van der Waals surface area contributed by atoms with Gasteiger partial charge in [-0.15, -0.1) is 0 Å². The predicted octanol–water partition coefficient (Wildman–Crippen LogP) is 19.3. The van der Waals surface area contributed by atoms with Crippen molar-refractivity contribution in [3.8, 4) is 108 Å². The zero-order valence-corrected chi connectivity index (χ0v) is 44.8. The number of benzene rings is 11. The maximum absolute atomic E-state index is 15.3. The number of halogens is 6. The highest BCUT2D eigenvalue weighted by Gasteiger charge is 2.39. The average Bonchev–Trinajstić information content (AvgIpc) is 2.11. The summed E-state index contributed by atoms with van der Waals surface area (Å²) >= 11 is 0. The van der Waals surface area contributed by atoms with Crippen LogP contribution in [0.25, 0.3) is 122 Å². The third kappa shape index (κ3) is 9.00. The van der Waals surface area contributed by atoms with Crippen LogP contribution in [-0.2, 0) is 12.4 Å². The van der Waals surface area contributed by atoms with Gasteiger partial charge in [-0.25, -0.2) is 0 Å². The van der Waals surface area contributed by atoms with Crippen LogP contribution < -0.4 is 0 Å². The van der Waals surface area contributed by atoms with Crippen LogP contribution in [0, 0.1) is 56.7 Å². The topological polar surface area (TPSA) is 129 Å². The van der Waals surface area contributed by atoms with Crippen LogP contribution in [0.3, 0.4) is 0 Å². The molecule has 2 heterocycles. The fourth-order valence-corrected chi connectivity index (χ4v) is 11.9. The first-order valence-corrected chi connectivity index (χ1v) is 26.8. The second-order valence-corrected chi connectivity index (χ2v) is 20.6. The van der Waals surface area contributed by atoms with E-state index in [1.807, 2.05) is 130 Å². The highest BCUT2D eigenvalue weighted by atomic mass is 19.4. The second kappa shape index (κ2) is 20.8. The van der Waals surface area contributed by atoms with Crippen LogP contribution in [-0.4, -0.2) is 9.13 Å². The first-order valence-electron chi connectivity index (χ1n) is 26.8. The van der Waals surface area contributed by atoms with Gasteiger partial charge < -0.3 is 9.13 Å². The van der Waals surface area contributed by atoms with Crippen molar-refractivity contribution in [2.75, 3.05) is 0 Å². The average molecular weight is 1130 g/mol. The van der Waals surface area contributed by atoms with Gasteiger partial charge in [0.25, 0.3) is 0 Å². The lowest BCUT2D eigenvalue weighted by Crippen LogP contribution is -2.12. The molecule has 0 bridgehead atoms. The van der Waals surface area contributed by atoms with Gasteiger partial charge in [0.1, 0.15) is 0 Å². The van der Waals surface area contributed by atoms with E-state index in [0.29, 0.717) is 111 Å². The van der Waals surface area contributed by atoms with E-state index in [-0.39, 0.29) is 22.9 Å². The van der Waals surface area contributed by atoms with Crippen molar-refractivity contribution in [2.24, 2.45) is 0 Å². The molecular formula is C73H37F6N7. The minimum Gasteiger partial charge on any atom is -0.309 e. The molecule has 0 aliphatic carbocycles. The Morgan fingerprint density at radius 1 is 0.279 bits per heavy atom. The van der Waals surface area contributed by atoms with Crippen LogP contribution in [0.2, 0.25) is 0 Å². The number of fused-ring (bicyclic) bond motifs is 6. The maximum Gasteiger partial charge on any atom is 0.417 e. The Hall–Kier alpha value is -12.0. The minimum atomic E-state index is -5.23. The third-order valence-corrected chi connectivity index (χ3v) is 15.8. The summed E-state index contributed by atoms with van der Waals surface area (Å²) in [5, 5.41) is 54.6. The van der Waals surface area contributed by atoms with Crippen LogP contribution in [0.15, 0.2) is 224 Å². The Kier molecular flexibility index (Phi) is 12.9. The van der Waals surface area contributed by atoms with Crippen LogP contribution in [0.1, 0.15) is 38.9 Å². The molecule has 13 rings (SSSR count). The Labute approximate surface area is 487 Å². The Morgan fingerprint density at radius 2 is 0.640 bits per heavy atom. The van der Waals surface area contributed by atoms with Gasteiger partial charge in [0, 0.05) is 32.7 Å². The number of nitriles is 5. The molecule has 13 aromatic rings. The van der Waals surface area contributed by atoms with Gasteiger partial charge >= 0.3 is 12.4 Å². The molecular weight excluding hydrogens is 1090 g/mol. The molecule has 0 radical (unpaired) electrons. The van der Waals surface area contributed by atoms with Crippen molar-refractivity contribution in [2.45, 2.75) is 12.4 Å². The number of hydrogen-bond donors (Lipinski definition) is 0. The van der Waals surface area contributed by atoms with E-state index >= 15 is 13.2 Å². The van der Waals surface area contributed by atoms with Crippen molar-refractivity contribution < 1.29 is 26.3 Å². The molecule has 7 nitrogen and oxygen atoms in total.